The van der Waals surface area contributed by atoms with Crippen molar-refractivity contribution < 1.29 is 13.0 Å². The van der Waals surface area contributed by atoms with Crippen molar-refractivity contribution in [3.63, 3.8) is 0 Å². The van der Waals surface area contributed by atoms with Crippen molar-refractivity contribution in [3.05, 3.63) is 42.5 Å². The quantitative estimate of drug-likeness (QED) is 0.722. The molecular weight excluding hydrogens is 200 g/mol. The van der Waals surface area contributed by atoms with E-state index < -0.39 is 10.1 Å². The van der Waals surface area contributed by atoms with Gasteiger partial charge >= 0.3 is 0 Å². The third-order valence-electron chi connectivity index (χ3n) is 1.88. The highest BCUT2D eigenvalue weighted by atomic mass is 32.2. The van der Waals surface area contributed by atoms with E-state index in [-0.39, 0.29) is 4.90 Å². The molecule has 14 heavy (non-hydrogen) atoms. The second-order valence-corrected chi connectivity index (χ2v) is 4.19. The predicted molar refractivity (Wildman–Crippen MR) is 51.4 cm³/mol. The molecule has 70 valence electrons. The standard InChI is InChI=1S/C10H6O3S/c11-14(12,13)10-7-3-5-8-4-1-2-6-9(8)10/h1-2,4,6-7H,(H,11,12,13). The molecule has 0 heterocycles. The SMILES string of the molecule is O=S(=O)(O)c1c[c][c]c2ccccc12. The third kappa shape index (κ3) is 1.49. The van der Waals surface area contributed by atoms with Crippen molar-refractivity contribution in [2.24, 2.45) is 0 Å². The molecule has 0 unspecified atom stereocenters. The first-order valence-corrected chi connectivity index (χ1v) is 5.31. The predicted octanol–water partition coefficient (Wildman–Crippen LogP) is 1.69. The van der Waals surface area contributed by atoms with Gasteiger partial charge in [-0.3, -0.25) is 4.55 Å². The fraction of sp³-hybridized carbons (Fsp3) is 0. The van der Waals surface area contributed by atoms with Crippen LogP contribution in [0.15, 0.2) is 35.2 Å². The van der Waals surface area contributed by atoms with Crippen molar-refractivity contribution in [1.29, 1.82) is 0 Å². The van der Waals surface area contributed by atoms with Crippen LogP contribution >= 0.6 is 0 Å². The van der Waals surface area contributed by atoms with Crippen LogP contribution in [0.3, 0.4) is 0 Å². The van der Waals surface area contributed by atoms with Crippen molar-refractivity contribution in [2.75, 3.05) is 0 Å². The Labute approximate surface area is 81.7 Å². The zero-order valence-corrected chi connectivity index (χ0v) is 7.88. The maximum absolute atomic E-state index is 11.0. The molecule has 0 fully saturated rings. The van der Waals surface area contributed by atoms with Crippen LogP contribution in [0.2, 0.25) is 0 Å². The van der Waals surface area contributed by atoms with Gasteiger partial charge in [-0.05, 0) is 23.6 Å². The van der Waals surface area contributed by atoms with Crippen LogP contribution in [0.25, 0.3) is 10.8 Å². The van der Waals surface area contributed by atoms with Crippen LogP contribution < -0.4 is 0 Å². The molecule has 0 saturated heterocycles. The van der Waals surface area contributed by atoms with E-state index in [1.54, 1.807) is 24.3 Å². The van der Waals surface area contributed by atoms with Crippen molar-refractivity contribution in [1.82, 2.24) is 0 Å². The fourth-order valence-electron chi connectivity index (χ4n) is 1.28. The number of benzene rings is 2. The van der Waals surface area contributed by atoms with Crippen molar-refractivity contribution in [2.45, 2.75) is 4.90 Å². The summed E-state index contributed by atoms with van der Waals surface area (Å²) in [6, 6.07) is 13.3. The minimum Gasteiger partial charge on any atom is -0.282 e. The number of hydrogen-bond acceptors (Lipinski definition) is 2. The Morgan fingerprint density at radius 2 is 1.93 bits per heavy atom. The average Bonchev–Trinajstić information content (AvgIpc) is 2.15. The molecule has 0 bridgehead atoms. The Hall–Kier alpha value is -1.39. The van der Waals surface area contributed by atoms with E-state index in [9.17, 15) is 8.42 Å². The maximum Gasteiger partial charge on any atom is 0.295 e. The Bertz CT molecular complexity index is 567. The Kier molecular flexibility index (Phi) is 2.02. The molecule has 2 rings (SSSR count). The second kappa shape index (κ2) is 3.08. The monoisotopic (exact) mass is 206 g/mol. The lowest BCUT2D eigenvalue weighted by Gasteiger charge is -2.01. The molecule has 2 aromatic rings. The molecular formula is C10H6O3S. The Balaban J connectivity index is 2.92. The van der Waals surface area contributed by atoms with Gasteiger partial charge in [0.2, 0.25) is 0 Å². The van der Waals surface area contributed by atoms with E-state index in [2.05, 4.69) is 12.1 Å². The first kappa shape index (κ1) is 9.18. The lowest BCUT2D eigenvalue weighted by atomic mass is 10.1. The minimum atomic E-state index is -4.18. The summed E-state index contributed by atoms with van der Waals surface area (Å²) in [4.78, 5) is -0.133. The summed E-state index contributed by atoms with van der Waals surface area (Å²) in [5.74, 6) is 0. The molecule has 0 aromatic heterocycles. The highest BCUT2D eigenvalue weighted by Gasteiger charge is 2.12. The molecule has 3 nitrogen and oxygen atoms in total. The summed E-state index contributed by atoms with van der Waals surface area (Å²) in [5, 5.41) is 1.07. The number of fused-ring (bicyclic) bond motifs is 1. The maximum atomic E-state index is 11.0. The molecule has 0 aliphatic heterocycles. The molecule has 1 N–H and O–H groups in total. The van der Waals surface area contributed by atoms with Crippen molar-refractivity contribution >= 4 is 20.9 Å². The van der Waals surface area contributed by atoms with E-state index in [4.69, 9.17) is 4.55 Å². The first-order chi connectivity index (χ1) is 6.59. The van der Waals surface area contributed by atoms with Gasteiger partial charge in [0, 0.05) is 5.39 Å². The highest BCUT2D eigenvalue weighted by molar-refractivity contribution is 7.86. The molecule has 0 saturated carbocycles. The largest absolute Gasteiger partial charge is 0.295 e. The highest BCUT2D eigenvalue weighted by Crippen LogP contribution is 2.21. The van der Waals surface area contributed by atoms with Crippen molar-refractivity contribution in [3.8, 4) is 0 Å². The van der Waals surface area contributed by atoms with E-state index in [0.29, 0.717) is 10.8 Å². The molecule has 2 radical (unpaired) electrons. The summed E-state index contributed by atoms with van der Waals surface area (Å²) < 4.78 is 30.9. The van der Waals surface area contributed by atoms with E-state index in [0.717, 1.165) is 0 Å². The van der Waals surface area contributed by atoms with Gasteiger partial charge in [-0.15, -0.1) is 0 Å². The van der Waals surface area contributed by atoms with Crippen LogP contribution in [0.1, 0.15) is 0 Å². The molecule has 0 amide bonds. The molecule has 4 heteroatoms. The lowest BCUT2D eigenvalue weighted by molar-refractivity contribution is 0.484. The Morgan fingerprint density at radius 3 is 2.64 bits per heavy atom. The van der Waals surface area contributed by atoms with Gasteiger partial charge in [-0.2, -0.15) is 8.42 Å². The van der Waals surface area contributed by atoms with Crippen LogP contribution in [0, 0.1) is 12.1 Å². The van der Waals surface area contributed by atoms with Crippen LogP contribution in [0.5, 0.6) is 0 Å². The summed E-state index contributed by atoms with van der Waals surface area (Å²) in [5.41, 5.74) is 0. The topological polar surface area (TPSA) is 54.4 Å². The molecule has 0 atom stereocenters. The summed E-state index contributed by atoms with van der Waals surface area (Å²) >= 11 is 0. The van der Waals surface area contributed by atoms with Gasteiger partial charge in [-0.25, -0.2) is 0 Å². The van der Waals surface area contributed by atoms with Gasteiger partial charge < -0.3 is 0 Å². The number of hydrogen-bond donors (Lipinski definition) is 1. The first-order valence-electron chi connectivity index (χ1n) is 3.87. The second-order valence-electron chi connectivity index (χ2n) is 2.80. The average molecular weight is 206 g/mol. The van der Waals surface area contributed by atoms with Gasteiger partial charge in [0.25, 0.3) is 10.1 Å². The van der Waals surface area contributed by atoms with Gasteiger partial charge in [0.1, 0.15) is 4.90 Å². The van der Waals surface area contributed by atoms with Crippen LogP contribution in [-0.4, -0.2) is 13.0 Å². The molecule has 2 aromatic carbocycles. The third-order valence-corrected chi connectivity index (χ3v) is 2.77. The summed E-state index contributed by atoms with van der Waals surface area (Å²) in [6.07, 6.45) is 0. The summed E-state index contributed by atoms with van der Waals surface area (Å²) in [7, 11) is -4.18. The zero-order chi connectivity index (χ0) is 10.2. The molecule has 0 spiro atoms. The molecule has 0 aliphatic rings. The fourth-order valence-corrected chi connectivity index (χ4v) is 1.94. The van der Waals surface area contributed by atoms with Crippen LogP contribution in [-0.2, 0) is 10.1 Å². The summed E-state index contributed by atoms with van der Waals surface area (Å²) in [6.45, 7) is 0. The number of rotatable bonds is 1. The van der Waals surface area contributed by atoms with Gasteiger partial charge in [-0.1, -0.05) is 24.3 Å². The van der Waals surface area contributed by atoms with Gasteiger partial charge in [0.05, 0.1) is 0 Å². The van der Waals surface area contributed by atoms with E-state index in [1.165, 1.54) is 6.07 Å². The van der Waals surface area contributed by atoms with E-state index in [1.807, 2.05) is 0 Å². The van der Waals surface area contributed by atoms with Gasteiger partial charge in [0.15, 0.2) is 0 Å². The van der Waals surface area contributed by atoms with E-state index >= 15 is 0 Å². The minimum absolute atomic E-state index is 0.133. The lowest BCUT2D eigenvalue weighted by Crippen LogP contribution is -1.98. The Morgan fingerprint density at radius 1 is 1.21 bits per heavy atom. The smallest absolute Gasteiger partial charge is 0.282 e. The molecule has 0 aliphatic carbocycles. The van der Waals surface area contributed by atoms with Crippen LogP contribution in [0.4, 0.5) is 0 Å². The zero-order valence-electron chi connectivity index (χ0n) is 7.06. The normalized spacial score (nSPS) is 11.8.